The Labute approximate surface area is 640 Å². The Bertz CT molecular complexity index is 6210. The number of rotatable bonds is 16. The van der Waals surface area contributed by atoms with Gasteiger partial charge < -0.3 is 14.2 Å². The monoisotopic (exact) mass is 1400 g/mol. The van der Waals surface area contributed by atoms with E-state index >= 15 is 0 Å². The molecule has 0 bridgehead atoms. The number of fused-ring (bicyclic) bond motifs is 11. The molecule has 1 atom stereocenters. The van der Waals surface area contributed by atoms with Gasteiger partial charge in [0.2, 0.25) is 0 Å². The Morgan fingerprint density at radius 1 is 0.330 bits per heavy atom. The predicted molar refractivity (Wildman–Crippen MR) is 460 cm³/mol. The molecule has 0 saturated carbocycles. The number of allylic oxidation sites excluding steroid dienone is 5. The third-order valence-corrected chi connectivity index (χ3v) is 23.9. The lowest BCUT2D eigenvalue weighted by Crippen LogP contribution is -2.25. The van der Waals surface area contributed by atoms with Crippen LogP contribution in [0.15, 0.2) is 381 Å². The van der Waals surface area contributed by atoms with E-state index in [-0.39, 0.29) is 10.8 Å². The highest BCUT2D eigenvalue weighted by atomic mass is 16.3. The van der Waals surface area contributed by atoms with Crippen LogP contribution in [0.3, 0.4) is 0 Å². The van der Waals surface area contributed by atoms with Crippen LogP contribution in [0.1, 0.15) is 86.1 Å². The Balaban J connectivity index is 0.702. The second-order valence-corrected chi connectivity index (χ2v) is 31.0. The van der Waals surface area contributed by atoms with Crippen molar-refractivity contribution in [3.8, 4) is 77.9 Å². The summed E-state index contributed by atoms with van der Waals surface area (Å²) < 4.78 is 7.51. The molecule has 522 valence electrons. The molecule has 1 heterocycles. The van der Waals surface area contributed by atoms with Crippen LogP contribution >= 0.6 is 0 Å². The minimum absolute atomic E-state index is 0.0879. The normalized spacial score (nSPS) is 15.0. The Kier molecular flexibility index (Phi) is 16.2. The summed E-state index contributed by atoms with van der Waals surface area (Å²) in [6.07, 6.45) is 5.26. The van der Waals surface area contributed by atoms with Crippen molar-refractivity contribution in [2.45, 2.75) is 64.2 Å². The van der Waals surface area contributed by atoms with Gasteiger partial charge in [0, 0.05) is 72.1 Å². The first-order valence-electron chi connectivity index (χ1n) is 38.2. The summed E-state index contributed by atoms with van der Waals surface area (Å²) in [5.74, 6) is 0. The number of hydrogen-bond donors (Lipinski definition) is 0. The van der Waals surface area contributed by atoms with E-state index in [1.807, 2.05) is 0 Å². The second kappa shape index (κ2) is 26.4. The zero-order valence-corrected chi connectivity index (χ0v) is 62.4. The van der Waals surface area contributed by atoms with Crippen molar-refractivity contribution in [1.82, 2.24) is 0 Å². The Morgan fingerprint density at radius 2 is 0.761 bits per heavy atom. The average Bonchev–Trinajstić information content (AvgIpc) is 1.55. The zero-order valence-electron chi connectivity index (χ0n) is 62.4. The second-order valence-electron chi connectivity index (χ2n) is 31.0. The van der Waals surface area contributed by atoms with Crippen molar-refractivity contribution in [1.29, 1.82) is 0 Å². The van der Waals surface area contributed by atoms with Crippen molar-refractivity contribution in [3.05, 3.63) is 421 Å². The standard InChI is InChI=1S/C106H82N2O/c1-8-85-87-33-19-24-38-96(87)106(7,99(85)64-69(2)71-40-51-83(52-41-71)108(100-39-25-21-32-86(100)77-30-16-11-17-31-77)84-57-46-76(47-58-84)79-50-61-89-88-34-18-22-36-94(88)105(5,6)98(89)67-79)68-70-65-92(102-93(66-70)90-62-63-97-101(103(90)109-102)91-35-20-23-37-95(91)104(97,3)4)78-48-59-82(60-49-78)107(80-53-42-74(43-54-80)72-26-12-9-13-27-72)81-55-44-75(45-56-81)73-28-14-10-15-29-73/h8-67H,1,68H2,2-7H3/b69-64+. The molecule has 0 aliphatic heterocycles. The van der Waals surface area contributed by atoms with Gasteiger partial charge in [0.25, 0.3) is 0 Å². The SMILES string of the molecule is C=CC1=C(/C=C(\C)c2ccc(N(c3ccc(-c4ccc5c(c4)C(C)(C)c4ccccc4-5)cc3)c3ccccc3-c3ccccc3)cc2)C(C)(Cc2cc(-c3ccc(N(c4ccc(-c5ccccc5)cc4)c4ccc(-c5ccccc5)cc4)cc3)c3oc4c5c(ccc4c3c2)C(C)(C)c2ccccc2-5)c2ccccc21. The third kappa shape index (κ3) is 11.2. The van der Waals surface area contributed by atoms with E-state index in [2.05, 4.69) is 422 Å². The molecule has 15 aromatic carbocycles. The van der Waals surface area contributed by atoms with E-state index in [0.29, 0.717) is 6.42 Å². The van der Waals surface area contributed by atoms with Crippen LogP contribution in [-0.2, 0) is 22.7 Å². The minimum Gasteiger partial charge on any atom is -0.455 e. The molecule has 3 aliphatic rings. The first kappa shape index (κ1) is 66.6. The molecule has 0 spiro atoms. The van der Waals surface area contributed by atoms with Gasteiger partial charge in [-0.3, -0.25) is 0 Å². The number of nitrogens with zero attached hydrogens (tertiary/aromatic N) is 2. The lowest BCUT2D eigenvalue weighted by molar-refractivity contribution is 0.578. The largest absolute Gasteiger partial charge is 0.455 e. The van der Waals surface area contributed by atoms with Crippen LogP contribution in [0.5, 0.6) is 0 Å². The molecule has 19 rings (SSSR count). The highest BCUT2D eigenvalue weighted by Gasteiger charge is 2.42. The maximum absolute atomic E-state index is 7.51. The van der Waals surface area contributed by atoms with Gasteiger partial charge in [-0.1, -0.05) is 320 Å². The Morgan fingerprint density at radius 3 is 1.35 bits per heavy atom. The van der Waals surface area contributed by atoms with Crippen molar-refractivity contribution < 1.29 is 4.42 Å². The van der Waals surface area contributed by atoms with Gasteiger partial charge in [-0.05, 0) is 221 Å². The van der Waals surface area contributed by atoms with Crippen molar-refractivity contribution in [2.24, 2.45) is 0 Å². The van der Waals surface area contributed by atoms with E-state index in [0.717, 1.165) is 89.5 Å². The predicted octanol–water partition coefficient (Wildman–Crippen LogP) is 29.0. The maximum atomic E-state index is 7.51. The molecule has 1 aromatic heterocycles. The summed E-state index contributed by atoms with van der Waals surface area (Å²) in [6.45, 7) is 18.7. The van der Waals surface area contributed by atoms with Gasteiger partial charge in [-0.15, -0.1) is 0 Å². The molecule has 0 amide bonds. The van der Waals surface area contributed by atoms with Crippen LogP contribution in [0.25, 0.3) is 111 Å². The fourth-order valence-electron chi connectivity index (χ4n) is 18.3. The molecular weight excluding hydrogens is 1320 g/mol. The summed E-state index contributed by atoms with van der Waals surface area (Å²) in [4.78, 5) is 4.79. The van der Waals surface area contributed by atoms with Crippen LogP contribution < -0.4 is 9.80 Å². The van der Waals surface area contributed by atoms with Crippen molar-refractivity contribution in [3.63, 3.8) is 0 Å². The van der Waals surface area contributed by atoms with Gasteiger partial charge in [-0.25, -0.2) is 0 Å². The number of anilines is 6. The highest BCUT2D eigenvalue weighted by Crippen LogP contribution is 2.56. The first-order chi connectivity index (χ1) is 53.3. The zero-order chi connectivity index (χ0) is 73.7. The molecular formula is C106H82N2O. The Hall–Kier alpha value is -13.1. The van der Waals surface area contributed by atoms with E-state index in [1.165, 1.54) is 106 Å². The summed E-state index contributed by atoms with van der Waals surface area (Å²) in [5, 5.41) is 2.23. The van der Waals surface area contributed by atoms with Crippen LogP contribution in [0.2, 0.25) is 0 Å². The molecule has 0 saturated heterocycles. The number of hydrogen-bond acceptors (Lipinski definition) is 3. The first-order valence-corrected chi connectivity index (χ1v) is 38.2. The smallest absolute Gasteiger partial charge is 0.143 e. The molecule has 0 fully saturated rings. The fraction of sp³-hybridized carbons (Fsp3) is 0.0943. The van der Waals surface area contributed by atoms with Gasteiger partial charge in [0.05, 0.1) is 5.69 Å². The lowest BCUT2D eigenvalue weighted by Gasteiger charge is -2.30. The van der Waals surface area contributed by atoms with Crippen molar-refractivity contribution in [2.75, 3.05) is 9.80 Å². The van der Waals surface area contributed by atoms with Gasteiger partial charge in [0.1, 0.15) is 11.2 Å². The molecule has 16 aromatic rings. The van der Waals surface area contributed by atoms with Crippen LogP contribution in [-0.4, -0.2) is 0 Å². The van der Waals surface area contributed by atoms with Crippen molar-refractivity contribution >= 4 is 67.2 Å². The van der Waals surface area contributed by atoms with Gasteiger partial charge in [0.15, 0.2) is 0 Å². The summed E-state index contributed by atoms with van der Waals surface area (Å²) in [7, 11) is 0. The summed E-state index contributed by atoms with van der Waals surface area (Å²) in [6, 6.07) is 130. The highest BCUT2D eigenvalue weighted by molar-refractivity contribution is 6.15. The molecule has 0 radical (unpaired) electrons. The average molecular weight is 1400 g/mol. The summed E-state index contributed by atoms with van der Waals surface area (Å²) in [5.41, 5.74) is 38.0. The molecule has 3 aliphatic carbocycles. The molecule has 3 nitrogen and oxygen atoms in total. The van der Waals surface area contributed by atoms with E-state index in [4.69, 9.17) is 4.42 Å². The number of benzene rings is 15. The quantitative estimate of drug-likeness (QED) is 0.0961. The van der Waals surface area contributed by atoms with E-state index < -0.39 is 5.41 Å². The van der Waals surface area contributed by atoms with Crippen LogP contribution in [0, 0.1) is 0 Å². The summed E-state index contributed by atoms with van der Waals surface area (Å²) >= 11 is 0. The van der Waals surface area contributed by atoms with E-state index in [9.17, 15) is 0 Å². The topological polar surface area (TPSA) is 19.6 Å². The molecule has 0 N–H and O–H groups in total. The van der Waals surface area contributed by atoms with Crippen LogP contribution in [0.4, 0.5) is 34.1 Å². The fourth-order valence-corrected chi connectivity index (χ4v) is 18.3. The molecule has 3 heteroatoms. The van der Waals surface area contributed by atoms with Gasteiger partial charge in [-0.2, -0.15) is 0 Å². The molecule has 109 heavy (non-hydrogen) atoms. The van der Waals surface area contributed by atoms with Gasteiger partial charge >= 0.3 is 0 Å². The lowest BCUT2D eigenvalue weighted by atomic mass is 9.73. The minimum atomic E-state index is -0.475. The third-order valence-electron chi connectivity index (χ3n) is 23.9. The molecule has 1 unspecified atom stereocenters. The number of para-hydroxylation sites is 1. The van der Waals surface area contributed by atoms with E-state index in [1.54, 1.807) is 0 Å². The maximum Gasteiger partial charge on any atom is 0.143 e. The number of furan rings is 1.